The zero-order valence-corrected chi connectivity index (χ0v) is 12.1. The first-order valence-corrected chi connectivity index (χ1v) is 6.45. The van der Waals surface area contributed by atoms with Gasteiger partial charge >= 0.3 is 0 Å². The molecule has 110 valence electrons. The second-order valence-electron chi connectivity index (χ2n) is 4.27. The van der Waals surface area contributed by atoms with Crippen molar-refractivity contribution in [2.45, 2.75) is 0 Å². The average Bonchev–Trinajstić information content (AvgIpc) is 2.52. The fraction of sp³-hybridized carbons (Fsp3) is 0.500. The van der Waals surface area contributed by atoms with Crippen molar-refractivity contribution >= 4 is 6.21 Å². The Bertz CT molecular complexity index is 445. The van der Waals surface area contributed by atoms with Crippen molar-refractivity contribution in [2.75, 3.05) is 47.6 Å². The quantitative estimate of drug-likeness (QED) is 0.763. The minimum atomic E-state index is 0.582. The van der Waals surface area contributed by atoms with Crippen molar-refractivity contribution in [3.63, 3.8) is 0 Å². The van der Waals surface area contributed by atoms with E-state index in [2.05, 4.69) is 5.10 Å². The molecule has 6 heteroatoms. The van der Waals surface area contributed by atoms with E-state index in [1.54, 1.807) is 27.5 Å². The Morgan fingerprint density at radius 2 is 1.65 bits per heavy atom. The Morgan fingerprint density at radius 3 is 2.15 bits per heavy atom. The summed E-state index contributed by atoms with van der Waals surface area (Å²) >= 11 is 0. The van der Waals surface area contributed by atoms with Crippen LogP contribution in [0, 0.1) is 0 Å². The van der Waals surface area contributed by atoms with E-state index in [0.29, 0.717) is 30.5 Å². The van der Waals surface area contributed by atoms with Crippen LogP contribution in [0.15, 0.2) is 17.2 Å². The standard InChI is InChI=1S/C14H20N2O4/c1-17-12-8-11(9-13(18-2)14(12)19-3)10-15-16-4-6-20-7-5-16/h8-10H,4-7H2,1-3H3/b15-10-. The van der Waals surface area contributed by atoms with Gasteiger partial charge in [-0.3, -0.25) is 5.01 Å². The third-order valence-electron chi connectivity index (χ3n) is 3.04. The zero-order chi connectivity index (χ0) is 14.4. The fourth-order valence-corrected chi connectivity index (χ4v) is 1.99. The monoisotopic (exact) mass is 280 g/mol. The van der Waals surface area contributed by atoms with Gasteiger partial charge in [-0.15, -0.1) is 0 Å². The molecular weight excluding hydrogens is 260 g/mol. The van der Waals surface area contributed by atoms with Gasteiger partial charge in [0.05, 0.1) is 53.8 Å². The van der Waals surface area contributed by atoms with Crippen LogP contribution in [-0.2, 0) is 4.74 Å². The van der Waals surface area contributed by atoms with Crippen LogP contribution in [0.2, 0.25) is 0 Å². The van der Waals surface area contributed by atoms with Gasteiger partial charge in [0.2, 0.25) is 5.75 Å². The highest BCUT2D eigenvalue weighted by Crippen LogP contribution is 2.37. The van der Waals surface area contributed by atoms with Gasteiger partial charge < -0.3 is 18.9 Å². The van der Waals surface area contributed by atoms with Crippen LogP contribution in [0.1, 0.15) is 5.56 Å². The zero-order valence-electron chi connectivity index (χ0n) is 12.1. The number of ether oxygens (including phenoxy) is 4. The van der Waals surface area contributed by atoms with Crippen LogP contribution in [0.4, 0.5) is 0 Å². The molecule has 0 N–H and O–H groups in total. The molecule has 1 aliphatic heterocycles. The third kappa shape index (κ3) is 3.33. The molecule has 1 aromatic rings. The van der Waals surface area contributed by atoms with Crippen LogP contribution < -0.4 is 14.2 Å². The van der Waals surface area contributed by atoms with Gasteiger partial charge in [0.25, 0.3) is 0 Å². The van der Waals surface area contributed by atoms with Crippen LogP contribution >= 0.6 is 0 Å². The van der Waals surface area contributed by atoms with E-state index in [0.717, 1.165) is 18.7 Å². The SMILES string of the molecule is COc1cc(/C=N\N2CCOCC2)cc(OC)c1OC. The molecule has 1 aliphatic rings. The number of hydrogen-bond donors (Lipinski definition) is 0. The molecule has 0 atom stereocenters. The topological polar surface area (TPSA) is 52.5 Å². The Kier molecular flexibility index (Phi) is 5.06. The van der Waals surface area contributed by atoms with Crippen molar-refractivity contribution in [2.24, 2.45) is 5.10 Å². The highest BCUT2D eigenvalue weighted by molar-refractivity contribution is 5.82. The largest absolute Gasteiger partial charge is 0.493 e. The summed E-state index contributed by atoms with van der Waals surface area (Å²) in [5.74, 6) is 1.82. The summed E-state index contributed by atoms with van der Waals surface area (Å²) in [6.45, 7) is 3.04. The molecule has 0 bridgehead atoms. The second kappa shape index (κ2) is 7.00. The number of morpholine rings is 1. The van der Waals surface area contributed by atoms with E-state index in [1.165, 1.54) is 0 Å². The molecule has 0 radical (unpaired) electrons. The molecule has 1 aromatic carbocycles. The Labute approximate surface area is 118 Å². The normalized spacial score (nSPS) is 15.4. The van der Waals surface area contributed by atoms with Gasteiger partial charge in [0.15, 0.2) is 11.5 Å². The van der Waals surface area contributed by atoms with Gasteiger partial charge in [0.1, 0.15) is 0 Å². The molecule has 1 fully saturated rings. The Morgan fingerprint density at radius 1 is 1.05 bits per heavy atom. The highest BCUT2D eigenvalue weighted by atomic mass is 16.5. The maximum atomic E-state index is 5.31. The summed E-state index contributed by atoms with van der Waals surface area (Å²) in [6.07, 6.45) is 1.79. The molecule has 0 amide bonds. The molecular formula is C14H20N2O4. The number of hydrogen-bond acceptors (Lipinski definition) is 6. The minimum absolute atomic E-state index is 0.582. The summed E-state index contributed by atoms with van der Waals surface area (Å²) in [5, 5.41) is 6.41. The van der Waals surface area contributed by atoms with Gasteiger partial charge in [-0.05, 0) is 12.1 Å². The van der Waals surface area contributed by atoms with Crippen molar-refractivity contribution < 1.29 is 18.9 Å². The first-order valence-electron chi connectivity index (χ1n) is 6.45. The molecule has 0 aliphatic carbocycles. The average molecular weight is 280 g/mol. The summed E-state index contributed by atoms with van der Waals surface area (Å²) < 4.78 is 21.2. The van der Waals surface area contributed by atoms with E-state index in [9.17, 15) is 0 Å². The molecule has 0 unspecified atom stereocenters. The van der Waals surface area contributed by atoms with Crippen molar-refractivity contribution in [1.29, 1.82) is 0 Å². The molecule has 1 saturated heterocycles. The maximum absolute atomic E-state index is 5.31. The number of hydrazone groups is 1. The molecule has 1 heterocycles. The Balaban J connectivity index is 2.20. The Hall–Kier alpha value is -1.95. The number of methoxy groups -OCH3 is 3. The van der Waals surface area contributed by atoms with Crippen molar-refractivity contribution in [1.82, 2.24) is 5.01 Å². The van der Waals surface area contributed by atoms with Gasteiger partial charge in [0, 0.05) is 5.56 Å². The smallest absolute Gasteiger partial charge is 0.203 e. The van der Waals surface area contributed by atoms with Gasteiger partial charge in [-0.2, -0.15) is 5.10 Å². The van der Waals surface area contributed by atoms with Gasteiger partial charge in [-0.25, -0.2) is 0 Å². The molecule has 2 rings (SSSR count). The first kappa shape index (κ1) is 14.5. The second-order valence-corrected chi connectivity index (χ2v) is 4.27. The van der Waals surface area contributed by atoms with Crippen LogP contribution in [0.3, 0.4) is 0 Å². The molecule has 20 heavy (non-hydrogen) atoms. The lowest BCUT2D eigenvalue weighted by Crippen LogP contribution is -2.32. The van der Waals surface area contributed by atoms with Crippen LogP contribution in [-0.4, -0.2) is 58.9 Å². The lowest BCUT2D eigenvalue weighted by Gasteiger charge is -2.23. The molecule has 0 aromatic heterocycles. The van der Waals surface area contributed by atoms with Crippen LogP contribution in [0.5, 0.6) is 17.2 Å². The predicted molar refractivity (Wildman–Crippen MR) is 76.1 cm³/mol. The maximum Gasteiger partial charge on any atom is 0.203 e. The number of rotatable bonds is 5. The summed E-state index contributed by atoms with van der Waals surface area (Å²) in [6, 6.07) is 3.73. The van der Waals surface area contributed by atoms with Crippen molar-refractivity contribution in [3.05, 3.63) is 17.7 Å². The molecule has 0 spiro atoms. The lowest BCUT2D eigenvalue weighted by atomic mass is 10.2. The fourth-order valence-electron chi connectivity index (χ4n) is 1.99. The van der Waals surface area contributed by atoms with Gasteiger partial charge in [-0.1, -0.05) is 0 Å². The summed E-state index contributed by atoms with van der Waals surface area (Å²) in [5.41, 5.74) is 0.894. The molecule has 0 saturated carbocycles. The minimum Gasteiger partial charge on any atom is -0.493 e. The first-order chi connectivity index (χ1) is 9.78. The highest BCUT2D eigenvalue weighted by Gasteiger charge is 2.13. The summed E-state index contributed by atoms with van der Waals surface area (Å²) in [4.78, 5) is 0. The van der Waals surface area contributed by atoms with E-state index in [-0.39, 0.29) is 0 Å². The molecule has 6 nitrogen and oxygen atoms in total. The van der Waals surface area contributed by atoms with E-state index in [4.69, 9.17) is 18.9 Å². The predicted octanol–water partition coefficient (Wildman–Crippen LogP) is 1.38. The van der Waals surface area contributed by atoms with E-state index >= 15 is 0 Å². The van der Waals surface area contributed by atoms with Crippen LogP contribution in [0.25, 0.3) is 0 Å². The summed E-state index contributed by atoms with van der Waals surface area (Å²) in [7, 11) is 4.78. The van der Waals surface area contributed by atoms with E-state index < -0.39 is 0 Å². The van der Waals surface area contributed by atoms with E-state index in [1.807, 2.05) is 17.1 Å². The van der Waals surface area contributed by atoms with Crippen molar-refractivity contribution in [3.8, 4) is 17.2 Å². The third-order valence-corrected chi connectivity index (χ3v) is 3.04. The number of nitrogens with zero attached hydrogens (tertiary/aromatic N) is 2. The lowest BCUT2D eigenvalue weighted by molar-refractivity contribution is 0.0397. The number of benzene rings is 1.